The maximum atomic E-state index is 10.3. The summed E-state index contributed by atoms with van der Waals surface area (Å²) in [5.41, 5.74) is -0.339. The molecule has 0 saturated heterocycles. The van der Waals surface area contributed by atoms with Gasteiger partial charge in [0.05, 0.1) is 11.9 Å². The minimum absolute atomic E-state index is 0. The first-order valence-corrected chi connectivity index (χ1v) is 4.59. The monoisotopic (exact) mass is 286 g/mol. The summed E-state index contributed by atoms with van der Waals surface area (Å²) in [5.74, 6) is -4.31. The predicted molar refractivity (Wildman–Crippen MR) is 53.6 cm³/mol. The van der Waals surface area contributed by atoms with Crippen molar-refractivity contribution in [3.05, 3.63) is 35.4 Å². The van der Waals surface area contributed by atoms with Gasteiger partial charge in [0.25, 0.3) is 0 Å². The Morgan fingerprint density at radius 3 is 1.47 bits per heavy atom. The third-order valence-corrected chi connectivity index (χ3v) is 1.33. The van der Waals surface area contributed by atoms with Crippen molar-refractivity contribution in [3.8, 4) is 0 Å². The number of hydrogen-bond donors (Lipinski definition) is 2. The van der Waals surface area contributed by atoms with Gasteiger partial charge in [-0.2, -0.15) is 0 Å². The molecule has 0 unspecified atom stereocenters. The molecule has 8 heteroatoms. The average Bonchev–Trinajstić information content (AvgIpc) is 2.15. The second-order valence-electron chi connectivity index (χ2n) is 3.65. The first kappa shape index (κ1) is 24.1. The number of carboxylic acids is 2. The van der Waals surface area contributed by atoms with Gasteiger partial charge in [-0.25, -0.2) is 0 Å². The van der Waals surface area contributed by atoms with Crippen LogP contribution >= 0.6 is 0 Å². The molecule has 0 heterocycles. The molecule has 0 aliphatic rings. The van der Waals surface area contributed by atoms with Gasteiger partial charge in [0, 0.05) is 0 Å². The van der Waals surface area contributed by atoms with Crippen molar-refractivity contribution < 1.29 is 89.1 Å². The molecule has 0 bridgehead atoms. The molecular weight excluding hydrogens is 274 g/mol. The summed E-state index contributed by atoms with van der Waals surface area (Å²) in [6.45, 7) is 2.60. The summed E-state index contributed by atoms with van der Waals surface area (Å²) in [6, 6.07) is 4.81. The molecule has 1 aromatic carbocycles. The van der Waals surface area contributed by atoms with Crippen LogP contribution in [0.2, 0.25) is 0 Å². The van der Waals surface area contributed by atoms with Crippen LogP contribution in [0.15, 0.2) is 24.3 Å². The molecule has 0 atom stereocenters. The number of aromatic carboxylic acids is 2. The second-order valence-corrected chi connectivity index (χ2v) is 3.65. The van der Waals surface area contributed by atoms with Crippen molar-refractivity contribution in [3.63, 3.8) is 0 Å². The number of aliphatic hydroxyl groups is 2. The van der Waals surface area contributed by atoms with Gasteiger partial charge in [-0.3, -0.25) is 0 Å². The van der Waals surface area contributed by atoms with E-state index in [9.17, 15) is 19.8 Å². The minimum atomic E-state index is -1.50. The molecule has 1 rings (SSSR count). The fraction of sp³-hybridized carbons (Fsp3) is 0.273. The van der Waals surface area contributed by atoms with E-state index >= 15 is 0 Å². The van der Waals surface area contributed by atoms with Gasteiger partial charge < -0.3 is 30.0 Å². The van der Waals surface area contributed by atoms with E-state index in [2.05, 4.69) is 0 Å². The van der Waals surface area contributed by atoms with Gasteiger partial charge in [0.15, 0.2) is 5.79 Å². The van der Waals surface area contributed by atoms with Gasteiger partial charge in [0.1, 0.15) is 0 Å². The van der Waals surface area contributed by atoms with Crippen LogP contribution in [0.5, 0.6) is 0 Å². The summed E-state index contributed by atoms with van der Waals surface area (Å²) in [5, 5.41) is 36.7. The van der Waals surface area contributed by atoms with Crippen LogP contribution in [0.3, 0.4) is 0 Å². The van der Waals surface area contributed by atoms with Crippen molar-refractivity contribution in [1.29, 1.82) is 0 Å². The van der Waals surface area contributed by atoms with Crippen LogP contribution in [0.4, 0.5) is 0 Å². The van der Waals surface area contributed by atoms with Crippen molar-refractivity contribution in [2.75, 3.05) is 0 Å². The fourth-order valence-corrected chi connectivity index (χ4v) is 0.773. The van der Waals surface area contributed by atoms with Gasteiger partial charge in [-0.1, -0.05) is 18.2 Å². The zero-order chi connectivity index (χ0) is 13.6. The van der Waals surface area contributed by atoms with Gasteiger partial charge >= 0.3 is 59.1 Å². The number of carboxylic acid groups (broad SMARTS) is 2. The Bertz CT molecular complexity index is 379. The first-order chi connectivity index (χ1) is 7.61. The quantitative estimate of drug-likeness (QED) is 0.411. The third-order valence-electron chi connectivity index (χ3n) is 1.33. The molecule has 0 aromatic heterocycles. The molecular formula is C11H12Na2O6. The van der Waals surface area contributed by atoms with Gasteiger partial charge in [0.2, 0.25) is 0 Å². The fourth-order valence-electron chi connectivity index (χ4n) is 0.773. The summed E-state index contributed by atoms with van der Waals surface area (Å²) in [4.78, 5) is 20.5. The molecule has 94 valence electrons. The van der Waals surface area contributed by atoms with Gasteiger partial charge in [-0.05, 0) is 31.0 Å². The van der Waals surface area contributed by atoms with E-state index in [1.54, 1.807) is 0 Å². The van der Waals surface area contributed by atoms with Crippen molar-refractivity contribution in [1.82, 2.24) is 0 Å². The normalized spacial score (nSPS) is 9.05. The topological polar surface area (TPSA) is 121 Å². The number of rotatable bonds is 2. The SMILES string of the molecule is CC(C)(O)O.O=C([O-])c1cccc(C(=O)[O-])c1.[Na+].[Na+]. The van der Waals surface area contributed by atoms with Crippen LogP contribution in [0.25, 0.3) is 0 Å². The van der Waals surface area contributed by atoms with E-state index in [0.717, 1.165) is 6.07 Å². The Labute approximate surface area is 155 Å². The summed E-state index contributed by atoms with van der Waals surface area (Å²) in [6.07, 6.45) is 0. The van der Waals surface area contributed by atoms with Crippen LogP contribution in [-0.4, -0.2) is 27.9 Å². The van der Waals surface area contributed by atoms with Crippen molar-refractivity contribution >= 4 is 11.9 Å². The number of carbonyl (C=O) groups is 2. The van der Waals surface area contributed by atoms with Crippen LogP contribution in [0, 0.1) is 0 Å². The minimum Gasteiger partial charge on any atom is -0.545 e. The number of carbonyl (C=O) groups excluding carboxylic acids is 2. The Morgan fingerprint density at radius 1 is 1.00 bits per heavy atom. The summed E-state index contributed by atoms with van der Waals surface area (Å²) < 4.78 is 0. The van der Waals surface area contributed by atoms with Gasteiger partial charge in [-0.15, -0.1) is 0 Å². The standard InChI is InChI=1S/C8H6O4.C3H8O2.2Na/c9-7(10)5-2-1-3-6(4-5)8(11)12;1-3(2,4)5;;/h1-4H,(H,9,10)(H,11,12);4-5H,1-2H3;;/q;;2*+1/p-2. The molecule has 0 fully saturated rings. The average molecular weight is 286 g/mol. The first-order valence-electron chi connectivity index (χ1n) is 4.59. The Morgan fingerprint density at radius 2 is 1.26 bits per heavy atom. The largest absolute Gasteiger partial charge is 1.00 e. The van der Waals surface area contributed by atoms with Crippen molar-refractivity contribution in [2.24, 2.45) is 0 Å². The van der Waals surface area contributed by atoms with E-state index in [4.69, 9.17) is 10.2 Å². The molecule has 0 radical (unpaired) electrons. The zero-order valence-electron chi connectivity index (χ0n) is 11.3. The maximum absolute atomic E-state index is 10.3. The molecule has 0 spiro atoms. The summed E-state index contributed by atoms with van der Waals surface area (Å²) >= 11 is 0. The Hall–Kier alpha value is 0.0800. The molecule has 0 aliphatic heterocycles. The molecule has 0 saturated carbocycles. The van der Waals surface area contributed by atoms with E-state index in [1.165, 1.54) is 32.0 Å². The molecule has 6 nitrogen and oxygen atoms in total. The summed E-state index contributed by atoms with van der Waals surface area (Å²) in [7, 11) is 0. The maximum Gasteiger partial charge on any atom is 1.00 e. The molecule has 0 aliphatic carbocycles. The molecule has 0 amide bonds. The molecule has 2 N–H and O–H groups in total. The van der Waals surface area contributed by atoms with E-state index in [-0.39, 0.29) is 70.2 Å². The number of hydrogen-bond acceptors (Lipinski definition) is 6. The number of benzene rings is 1. The van der Waals surface area contributed by atoms with Crippen LogP contribution < -0.4 is 69.3 Å². The Kier molecular flexibility index (Phi) is 13.7. The molecule has 1 aromatic rings. The Balaban J connectivity index is -0.000000320. The third kappa shape index (κ3) is 14.3. The van der Waals surface area contributed by atoms with E-state index in [1.807, 2.05) is 0 Å². The second kappa shape index (κ2) is 10.8. The predicted octanol–water partition coefficient (Wildman–Crippen LogP) is -7.87. The zero-order valence-corrected chi connectivity index (χ0v) is 15.3. The van der Waals surface area contributed by atoms with E-state index in [0.29, 0.717) is 0 Å². The van der Waals surface area contributed by atoms with Crippen LogP contribution in [-0.2, 0) is 0 Å². The van der Waals surface area contributed by atoms with E-state index < -0.39 is 17.7 Å². The smallest absolute Gasteiger partial charge is 0.545 e. The molecule has 19 heavy (non-hydrogen) atoms. The van der Waals surface area contributed by atoms with Crippen LogP contribution in [0.1, 0.15) is 34.6 Å². The van der Waals surface area contributed by atoms with Crippen molar-refractivity contribution in [2.45, 2.75) is 19.6 Å².